The van der Waals surface area contributed by atoms with Gasteiger partial charge in [-0.2, -0.15) is 4.57 Å². The molecular weight excluding hydrogens is 244 g/mol. The van der Waals surface area contributed by atoms with Crippen LogP contribution in [-0.2, 0) is 28.7 Å². The number of hydrogen-bond acceptors (Lipinski definition) is 7. The average Bonchev–Trinajstić information content (AvgIpc) is 2.45. The summed E-state index contributed by atoms with van der Waals surface area (Å²) in [6.07, 6.45) is 1.53. The standard InChI is InChI=1S/C4H7N4O2.CH4O4S/c1-6-3-7(2)5-4(6)8(9)10;1-5-6(2,3)4/h3H,1-2H3;1H3,(H,2,3,4)/q+1;/p-1. The van der Waals surface area contributed by atoms with Gasteiger partial charge >= 0.3 is 5.95 Å². The average molecular weight is 254 g/mol. The number of rotatable bonds is 2. The van der Waals surface area contributed by atoms with Gasteiger partial charge < -0.3 is 14.7 Å². The van der Waals surface area contributed by atoms with E-state index in [0.29, 0.717) is 0 Å². The molecule has 92 valence electrons. The summed E-state index contributed by atoms with van der Waals surface area (Å²) in [5.74, 6) is -0.150. The lowest BCUT2D eigenvalue weighted by atomic mass is 11.0. The summed E-state index contributed by atoms with van der Waals surface area (Å²) in [4.78, 5) is 9.62. The van der Waals surface area contributed by atoms with Crippen molar-refractivity contribution in [2.45, 2.75) is 0 Å². The Morgan fingerprint density at radius 1 is 1.62 bits per heavy atom. The summed E-state index contributed by atoms with van der Waals surface area (Å²) in [6, 6.07) is 0. The molecule has 0 aromatic carbocycles. The van der Waals surface area contributed by atoms with E-state index in [9.17, 15) is 23.1 Å². The molecule has 0 aliphatic rings. The number of nitro groups is 1. The lowest BCUT2D eigenvalue weighted by Gasteiger charge is -1.98. The smallest absolute Gasteiger partial charge is 0.577 e. The molecule has 0 spiro atoms. The fourth-order valence-electron chi connectivity index (χ4n) is 0.705. The van der Waals surface area contributed by atoms with Gasteiger partial charge in [0.1, 0.15) is 7.05 Å². The molecule has 0 atom stereocenters. The van der Waals surface area contributed by atoms with E-state index in [1.165, 1.54) is 15.6 Å². The molecule has 10 nitrogen and oxygen atoms in total. The zero-order chi connectivity index (χ0) is 12.9. The Kier molecular flexibility index (Phi) is 4.94. The second kappa shape index (κ2) is 5.48. The van der Waals surface area contributed by atoms with Gasteiger partial charge in [-0.05, 0) is 4.68 Å². The molecule has 11 heteroatoms. The Morgan fingerprint density at radius 2 is 2.06 bits per heavy atom. The van der Waals surface area contributed by atoms with Crippen LogP contribution in [0.5, 0.6) is 0 Å². The molecule has 0 amide bonds. The van der Waals surface area contributed by atoms with E-state index in [2.05, 4.69) is 9.28 Å². The summed E-state index contributed by atoms with van der Waals surface area (Å²) >= 11 is 0. The Labute approximate surface area is 91.2 Å². The Morgan fingerprint density at radius 3 is 2.19 bits per heavy atom. The predicted octanol–water partition coefficient (Wildman–Crippen LogP) is -1.75. The van der Waals surface area contributed by atoms with Gasteiger partial charge in [-0.1, -0.05) is 0 Å². The molecule has 16 heavy (non-hydrogen) atoms. The van der Waals surface area contributed by atoms with Gasteiger partial charge in [0, 0.05) is 4.92 Å². The topological polar surface area (TPSA) is 131 Å². The van der Waals surface area contributed by atoms with E-state index in [4.69, 9.17) is 0 Å². The second-order valence-corrected chi connectivity index (χ2v) is 3.68. The van der Waals surface area contributed by atoms with Crippen LogP contribution in [0.25, 0.3) is 0 Å². The minimum absolute atomic E-state index is 0.150. The van der Waals surface area contributed by atoms with Crippen LogP contribution in [0.4, 0.5) is 5.95 Å². The molecule has 0 radical (unpaired) electrons. The van der Waals surface area contributed by atoms with Crippen molar-refractivity contribution in [2.24, 2.45) is 14.1 Å². The summed E-state index contributed by atoms with van der Waals surface area (Å²) in [5.41, 5.74) is 0. The molecule has 1 aromatic heterocycles. The third-order valence-corrected chi connectivity index (χ3v) is 1.68. The summed E-state index contributed by atoms with van der Waals surface area (Å²) < 4.78 is 33.8. The monoisotopic (exact) mass is 254 g/mol. The van der Waals surface area contributed by atoms with Gasteiger partial charge in [0.15, 0.2) is 5.10 Å². The molecule has 0 N–H and O–H groups in total. The molecule has 0 fully saturated rings. The molecule has 0 unspecified atom stereocenters. The maximum atomic E-state index is 10.1. The highest BCUT2D eigenvalue weighted by Gasteiger charge is 2.22. The van der Waals surface area contributed by atoms with E-state index >= 15 is 0 Å². The Bertz CT molecular complexity index is 465. The van der Waals surface area contributed by atoms with Crippen molar-refractivity contribution in [3.05, 3.63) is 16.4 Å². The second-order valence-electron chi connectivity index (χ2n) is 2.53. The maximum Gasteiger partial charge on any atom is 0.577 e. The minimum atomic E-state index is -4.41. The lowest BCUT2D eigenvalue weighted by molar-refractivity contribution is -0.716. The number of nitrogens with zero attached hydrogens (tertiary/aromatic N) is 4. The predicted molar refractivity (Wildman–Crippen MR) is 47.7 cm³/mol. The van der Waals surface area contributed by atoms with E-state index < -0.39 is 15.3 Å². The molecule has 0 aliphatic heterocycles. The first-order valence-corrected chi connectivity index (χ1v) is 5.06. The molecule has 0 aliphatic carbocycles. The van der Waals surface area contributed by atoms with Crippen LogP contribution in [0.1, 0.15) is 0 Å². The molecule has 0 saturated heterocycles. The zero-order valence-corrected chi connectivity index (χ0v) is 9.54. The highest BCUT2D eigenvalue weighted by atomic mass is 32.3. The highest BCUT2D eigenvalue weighted by Crippen LogP contribution is 1.93. The van der Waals surface area contributed by atoms with Gasteiger partial charge in [0.05, 0.1) is 14.2 Å². The first-order chi connectivity index (χ1) is 7.17. The van der Waals surface area contributed by atoms with Crippen LogP contribution in [-0.4, -0.2) is 34.8 Å². The van der Waals surface area contributed by atoms with E-state index in [1.807, 2.05) is 0 Å². The quantitative estimate of drug-likeness (QED) is 0.201. The summed E-state index contributed by atoms with van der Waals surface area (Å²) in [5, 5.41) is 13.7. The van der Waals surface area contributed by atoms with Crippen LogP contribution < -0.4 is 4.57 Å². The number of aryl methyl sites for hydroxylation is 2. The summed E-state index contributed by atoms with van der Waals surface area (Å²) in [7, 11) is -0.398. The van der Waals surface area contributed by atoms with Crippen molar-refractivity contribution in [1.29, 1.82) is 0 Å². The van der Waals surface area contributed by atoms with E-state index in [0.717, 1.165) is 7.11 Å². The fraction of sp³-hybridized carbons (Fsp3) is 0.600. The normalized spacial score (nSPS) is 10.5. The van der Waals surface area contributed by atoms with Crippen LogP contribution in [0.15, 0.2) is 6.33 Å². The van der Waals surface area contributed by atoms with Crippen molar-refractivity contribution in [2.75, 3.05) is 7.11 Å². The van der Waals surface area contributed by atoms with Gasteiger partial charge in [0.2, 0.25) is 10.4 Å². The molecule has 0 saturated carbocycles. The summed E-state index contributed by atoms with van der Waals surface area (Å²) in [6.45, 7) is 0. The minimum Gasteiger partial charge on any atom is -0.726 e. The third kappa shape index (κ3) is 5.33. The molecular formula is C5H10N4O6S. The van der Waals surface area contributed by atoms with Crippen molar-refractivity contribution < 1.29 is 26.6 Å². The molecule has 0 bridgehead atoms. The van der Waals surface area contributed by atoms with Crippen molar-refractivity contribution in [3.8, 4) is 0 Å². The van der Waals surface area contributed by atoms with Gasteiger partial charge in [0.25, 0.3) is 6.33 Å². The van der Waals surface area contributed by atoms with Gasteiger partial charge in [-0.15, -0.1) is 0 Å². The van der Waals surface area contributed by atoms with Gasteiger partial charge in [-0.3, -0.25) is 4.18 Å². The van der Waals surface area contributed by atoms with Crippen molar-refractivity contribution in [1.82, 2.24) is 9.78 Å². The lowest BCUT2D eigenvalue weighted by Crippen LogP contribution is -2.28. The van der Waals surface area contributed by atoms with Crippen LogP contribution in [0.3, 0.4) is 0 Å². The first-order valence-electron chi connectivity index (χ1n) is 3.72. The van der Waals surface area contributed by atoms with Gasteiger partial charge in [-0.25, -0.2) is 8.42 Å². The van der Waals surface area contributed by atoms with E-state index in [1.54, 1.807) is 14.1 Å². The van der Waals surface area contributed by atoms with Crippen LogP contribution in [0.2, 0.25) is 0 Å². The van der Waals surface area contributed by atoms with Crippen LogP contribution >= 0.6 is 0 Å². The van der Waals surface area contributed by atoms with E-state index in [-0.39, 0.29) is 5.95 Å². The SMILES string of the molecule is COS(=O)(=O)[O-].Cn1c[n+](C)c([N+](=O)[O-])n1. The molecule has 1 rings (SSSR count). The maximum absolute atomic E-state index is 10.1. The fourth-order valence-corrected chi connectivity index (χ4v) is 0.705. The van der Waals surface area contributed by atoms with Crippen molar-refractivity contribution in [3.63, 3.8) is 0 Å². The first kappa shape index (κ1) is 14.4. The molecule has 1 heterocycles. The Hall–Kier alpha value is -1.59. The number of hydrogen-bond donors (Lipinski definition) is 0. The number of aromatic nitrogens is 3. The van der Waals surface area contributed by atoms with Crippen LogP contribution in [0, 0.1) is 10.1 Å². The third-order valence-electron chi connectivity index (χ3n) is 1.27. The van der Waals surface area contributed by atoms with Crippen molar-refractivity contribution >= 4 is 16.3 Å². The molecule has 1 aromatic rings. The zero-order valence-electron chi connectivity index (χ0n) is 8.72. The Balaban J connectivity index is 0.000000325. The highest BCUT2D eigenvalue weighted by molar-refractivity contribution is 7.80. The largest absolute Gasteiger partial charge is 0.726 e.